The minimum Gasteiger partial charge on any atom is -0.436 e. The van der Waals surface area contributed by atoms with Crippen molar-refractivity contribution < 1.29 is 13.5 Å². The van der Waals surface area contributed by atoms with Gasteiger partial charge in [-0.15, -0.1) is 0 Å². The molecule has 0 aliphatic rings. The minimum atomic E-state index is -0.666. The monoisotopic (exact) mass is 255 g/mol. The normalized spacial score (nSPS) is 10.4. The average molecular weight is 256 g/mol. The van der Waals surface area contributed by atoms with Crippen LogP contribution < -0.4 is 4.74 Å². The molecule has 0 unspecified atom stereocenters. The van der Waals surface area contributed by atoms with Gasteiger partial charge in [0.1, 0.15) is 11.6 Å². The second kappa shape index (κ2) is 4.67. The lowest BCUT2D eigenvalue weighted by Gasteiger charge is -2.08. The van der Waals surface area contributed by atoms with Crippen LogP contribution >= 0.6 is 11.6 Å². The molecule has 0 N–H and O–H groups in total. The van der Waals surface area contributed by atoms with Gasteiger partial charge in [-0.1, -0.05) is 11.6 Å². The number of benzene rings is 1. The highest BCUT2D eigenvalue weighted by Crippen LogP contribution is 2.26. The van der Waals surface area contributed by atoms with E-state index in [1.807, 2.05) is 0 Å². The summed E-state index contributed by atoms with van der Waals surface area (Å²) in [6, 6.07) is 5.04. The number of rotatable bonds is 2. The third-order valence-electron chi connectivity index (χ3n) is 2.12. The molecule has 1 aromatic heterocycles. The largest absolute Gasteiger partial charge is 0.436 e. The lowest BCUT2D eigenvalue weighted by molar-refractivity contribution is 0.419. The maximum absolute atomic E-state index is 13.4. The van der Waals surface area contributed by atoms with Crippen molar-refractivity contribution in [3.05, 3.63) is 52.7 Å². The molecule has 2 nitrogen and oxygen atoms in total. The van der Waals surface area contributed by atoms with Gasteiger partial charge in [-0.2, -0.15) is 0 Å². The Bertz CT molecular complexity index is 511. The summed E-state index contributed by atoms with van der Waals surface area (Å²) in [5, 5.41) is 0.186. The van der Waals surface area contributed by atoms with E-state index in [4.69, 9.17) is 16.3 Å². The fourth-order valence-corrected chi connectivity index (χ4v) is 1.45. The molecule has 2 aromatic rings. The summed E-state index contributed by atoms with van der Waals surface area (Å²) >= 11 is 5.56. The summed E-state index contributed by atoms with van der Waals surface area (Å²) in [5.41, 5.74) is 0.557. The number of aryl methyl sites for hydroxylation is 1. The number of pyridine rings is 1. The van der Waals surface area contributed by atoms with Gasteiger partial charge in [-0.3, -0.25) is 0 Å². The molecular formula is C12H8ClF2NO. The van der Waals surface area contributed by atoms with Crippen molar-refractivity contribution in [3.8, 4) is 11.6 Å². The van der Waals surface area contributed by atoms with Crippen LogP contribution in [0.5, 0.6) is 11.6 Å². The summed E-state index contributed by atoms with van der Waals surface area (Å²) in [7, 11) is 0. The maximum atomic E-state index is 13.4. The Labute approximate surface area is 102 Å². The van der Waals surface area contributed by atoms with Gasteiger partial charge in [0.15, 0.2) is 5.82 Å². The highest BCUT2D eigenvalue weighted by atomic mass is 35.5. The topological polar surface area (TPSA) is 22.1 Å². The van der Waals surface area contributed by atoms with Crippen LogP contribution in [0.2, 0.25) is 5.02 Å². The SMILES string of the molecule is Cc1cc(F)ccc1Oc1ncc(Cl)cc1F. The molecule has 0 saturated carbocycles. The van der Waals surface area contributed by atoms with Crippen LogP contribution in [0.25, 0.3) is 0 Å². The van der Waals surface area contributed by atoms with E-state index in [0.29, 0.717) is 11.3 Å². The van der Waals surface area contributed by atoms with Gasteiger partial charge in [0.2, 0.25) is 0 Å². The Kier molecular flexibility index (Phi) is 3.24. The molecule has 5 heteroatoms. The fraction of sp³-hybridized carbons (Fsp3) is 0.0833. The van der Waals surface area contributed by atoms with Crippen LogP contribution in [-0.4, -0.2) is 4.98 Å². The van der Waals surface area contributed by atoms with Gasteiger partial charge in [0.25, 0.3) is 5.88 Å². The Morgan fingerprint density at radius 2 is 2.00 bits per heavy atom. The molecule has 1 heterocycles. The molecule has 0 aliphatic heterocycles. The molecule has 0 fully saturated rings. The number of halogens is 3. The van der Waals surface area contributed by atoms with Crippen molar-refractivity contribution in [2.24, 2.45) is 0 Å². The van der Waals surface area contributed by atoms with Crippen molar-refractivity contribution in [2.75, 3.05) is 0 Å². The number of ether oxygens (including phenoxy) is 1. The molecule has 0 amide bonds. The first kappa shape index (κ1) is 11.8. The molecule has 0 radical (unpaired) electrons. The number of hydrogen-bond acceptors (Lipinski definition) is 2. The van der Waals surface area contributed by atoms with E-state index < -0.39 is 5.82 Å². The predicted octanol–water partition coefficient (Wildman–Crippen LogP) is 4.11. The summed E-state index contributed by atoms with van der Waals surface area (Å²) in [6.07, 6.45) is 1.28. The van der Waals surface area contributed by atoms with E-state index >= 15 is 0 Å². The van der Waals surface area contributed by atoms with Gasteiger partial charge in [0.05, 0.1) is 5.02 Å². The van der Waals surface area contributed by atoms with E-state index in [1.165, 1.54) is 24.4 Å². The average Bonchev–Trinajstić information content (AvgIpc) is 2.25. The maximum Gasteiger partial charge on any atom is 0.255 e. The van der Waals surface area contributed by atoms with Crippen molar-refractivity contribution in [1.82, 2.24) is 4.98 Å². The smallest absolute Gasteiger partial charge is 0.255 e. The van der Waals surface area contributed by atoms with Crippen LogP contribution in [0.3, 0.4) is 0 Å². The molecule has 2 rings (SSSR count). The Morgan fingerprint density at radius 3 is 2.65 bits per heavy atom. The van der Waals surface area contributed by atoms with Crippen molar-refractivity contribution in [1.29, 1.82) is 0 Å². The molecule has 0 bridgehead atoms. The summed E-state index contributed by atoms with van der Waals surface area (Å²) in [4.78, 5) is 3.71. The third kappa shape index (κ3) is 2.71. The predicted molar refractivity (Wildman–Crippen MR) is 60.4 cm³/mol. The van der Waals surface area contributed by atoms with E-state index in [9.17, 15) is 8.78 Å². The van der Waals surface area contributed by atoms with Crippen LogP contribution in [0.4, 0.5) is 8.78 Å². The first-order chi connectivity index (χ1) is 8.06. The number of hydrogen-bond donors (Lipinski definition) is 0. The van der Waals surface area contributed by atoms with Crippen molar-refractivity contribution >= 4 is 11.6 Å². The zero-order valence-electron chi connectivity index (χ0n) is 8.88. The van der Waals surface area contributed by atoms with Crippen molar-refractivity contribution in [2.45, 2.75) is 6.92 Å². The first-order valence-corrected chi connectivity index (χ1v) is 5.19. The number of aromatic nitrogens is 1. The molecule has 0 spiro atoms. The molecular weight excluding hydrogens is 248 g/mol. The van der Waals surface area contributed by atoms with E-state index in [0.717, 1.165) is 6.07 Å². The molecule has 0 saturated heterocycles. The molecule has 17 heavy (non-hydrogen) atoms. The lowest BCUT2D eigenvalue weighted by Crippen LogP contribution is -1.94. The molecule has 0 aliphatic carbocycles. The Hall–Kier alpha value is -1.68. The van der Waals surface area contributed by atoms with Gasteiger partial charge in [-0.25, -0.2) is 13.8 Å². The third-order valence-corrected chi connectivity index (χ3v) is 2.32. The van der Waals surface area contributed by atoms with E-state index in [2.05, 4.69) is 4.98 Å². The quantitative estimate of drug-likeness (QED) is 0.805. The second-order valence-electron chi connectivity index (χ2n) is 3.45. The summed E-state index contributed by atoms with van der Waals surface area (Å²) in [5.74, 6) is -0.884. The Balaban J connectivity index is 2.31. The molecule has 88 valence electrons. The number of nitrogens with zero attached hydrogens (tertiary/aromatic N) is 1. The van der Waals surface area contributed by atoms with Gasteiger partial charge in [-0.05, 0) is 36.8 Å². The van der Waals surface area contributed by atoms with Crippen LogP contribution in [-0.2, 0) is 0 Å². The zero-order chi connectivity index (χ0) is 12.4. The molecule has 1 aromatic carbocycles. The van der Waals surface area contributed by atoms with Crippen molar-refractivity contribution in [3.63, 3.8) is 0 Å². The van der Waals surface area contributed by atoms with Crippen LogP contribution in [0, 0.1) is 18.6 Å². The highest BCUT2D eigenvalue weighted by molar-refractivity contribution is 6.30. The van der Waals surface area contributed by atoms with Crippen LogP contribution in [0.15, 0.2) is 30.5 Å². The van der Waals surface area contributed by atoms with Gasteiger partial charge < -0.3 is 4.74 Å². The van der Waals surface area contributed by atoms with Gasteiger partial charge in [0, 0.05) is 6.20 Å². The highest BCUT2D eigenvalue weighted by Gasteiger charge is 2.09. The Morgan fingerprint density at radius 1 is 1.24 bits per heavy atom. The molecule has 0 atom stereocenters. The van der Waals surface area contributed by atoms with Crippen LogP contribution in [0.1, 0.15) is 5.56 Å². The first-order valence-electron chi connectivity index (χ1n) is 4.81. The standard InChI is InChI=1S/C12H8ClF2NO/c1-7-4-9(14)2-3-11(7)17-12-10(15)5-8(13)6-16-12/h2-6H,1H3. The van der Waals surface area contributed by atoms with Gasteiger partial charge >= 0.3 is 0 Å². The van der Waals surface area contributed by atoms with E-state index in [1.54, 1.807) is 6.92 Å². The lowest BCUT2D eigenvalue weighted by atomic mass is 10.2. The minimum absolute atomic E-state index is 0.186. The summed E-state index contributed by atoms with van der Waals surface area (Å²) < 4.78 is 31.5. The second-order valence-corrected chi connectivity index (χ2v) is 3.89. The zero-order valence-corrected chi connectivity index (χ0v) is 9.63. The van der Waals surface area contributed by atoms with E-state index in [-0.39, 0.29) is 16.7 Å². The summed E-state index contributed by atoms with van der Waals surface area (Å²) in [6.45, 7) is 1.66. The fourth-order valence-electron chi connectivity index (χ4n) is 1.31.